The lowest BCUT2D eigenvalue weighted by atomic mass is 9.68. The van der Waals surface area contributed by atoms with Gasteiger partial charge in [0.1, 0.15) is 12.4 Å². The minimum atomic E-state index is -0.452. The van der Waals surface area contributed by atoms with Gasteiger partial charge in [-0.05, 0) is 48.9 Å². The minimum absolute atomic E-state index is 0.0810. The highest BCUT2D eigenvalue weighted by Gasteiger charge is 2.43. The van der Waals surface area contributed by atoms with Crippen molar-refractivity contribution in [3.63, 3.8) is 0 Å². The number of Topliss-reactive ketones (excluding diaryl/α,β-unsaturated/α-hetero) is 1. The summed E-state index contributed by atoms with van der Waals surface area (Å²) in [7, 11) is 0. The van der Waals surface area contributed by atoms with Crippen molar-refractivity contribution >= 4 is 11.8 Å². The van der Waals surface area contributed by atoms with E-state index in [1.807, 2.05) is 61.5 Å². The maximum absolute atomic E-state index is 13.3. The Morgan fingerprint density at radius 3 is 2.42 bits per heavy atom. The Kier molecular flexibility index (Phi) is 6.41. The number of esters is 1. The van der Waals surface area contributed by atoms with Gasteiger partial charge in [0.25, 0.3) is 0 Å². The maximum atomic E-state index is 13.3. The number of hydrogen-bond donors (Lipinski definition) is 1. The number of carbonyl (C=O) groups excluding carboxylic acids is 2. The van der Waals surface area contributed by atoms with Gasteiger partial charge in [-0.1, -0.05) is 56.3 Å². The molecule has 0 unspecified atom stereocenters. The summed E-state index contributed by atoms with van der Waals surface area (Å²) in [6.45, 7) is 8.63. The molecule has 5 nitrogen and oxygen atoms in total. The van der Waals surface area contributed by atoms with Gasteiger partial charge in [0, 0.05) is 29.3 Å². The normalized spacial score (nSPS) is 19.6. The van der Waals surface area contributed by atoms with Gasteiger partial charge < -0.3 is 14.8 Å². The van der Waals surface area contributed by atoms with Crippen LogP contribution in [0.25, 0.3) is 0 Å². The molecule has 2 aliphatic rings. The van der Waals surface area contributed by atoms with E-state index >= 15 is 0 Å². The molecule has 0 saturated carbocycles. The molecule has 1 aliphatic carbocycles. The van der Waals surface area contributed by atoms with Crippen molar-refractivity contribution in [1.82, 2.24) is 5.32 Å². The van der Waals surface area contributed by atoms with E-state index in [0.29, 0.717) is 24.2 Å². The molecule has 0 spiro atoms. The molecule has 0 bridgehead atoms. The van der Waals surface area contributed by atoms with E-state index in [4.69, 9.17) is 9.47 Å². The van der Waals surface area contributed by atoms with Gasteiger partial charge in [-0.2, -0.15) is 0 Å². The molecule has 172 valence electrons. The average Bonchev–Trinajstić information content (AvgIpc) is 2.77. The monoisotopic (exact) mass is 445 g/mol. The molecule has 1 atom stereocenters. The molecular weight excluding hydrogens is 414 g/mol. The van der Waals surface area contributed by atoms with Crippen molar-refractivity contribution in [1.29, 1.82) is 0 Å². The van der Waals surface area contributed by atoms with Crippen LogP contribution >= 0.6 is 0 Å². The van der Waals surface area contributed by atoms with Crippen LogP contribution < -0.4 is 10.1 Å². The average molecular weight is 446 g/mol. The number of hydrogen-bond acceptors (Lipinski definition) is 5. The lowest BCUT2D eigenvalue weighted by Crippen LogP contribution is -2.38. The van der Waals surface area contributed by atoms with Gasteiger partial charge in [0.2, 0.25) is 0 Å². The number of ketones is 1. The maximum Gasteiger partial charge on any atom is 0.336 e. The number of rotatable bonds is 6. The van der Waals surface area contributed by atoms with Crippen molar-refractivity contribution < 1.29 is 19.1 Å². The summed E-state index contributed by atoms with van der Waals surface area (Å²) in [4.78, 5) is 26.2. The first-order valence-corrected chi connectivity index (χ1v) is 11.5. The Morgan fingerprint density at radius 1 is 1.06 bits per heavy atom. The van der Waals surface area contributed by atoms with Crippen LogP contribution in [0.3, 0.4) is 0 Å². The lowest BCUT2D eigenvalue weighted by Gasteiger charge is -2.39. The highest BCUT2D eigenvalue weighted by atomic mass is 16.5. The molecule has 2 aromatic rings. The quantitative estimate of drug-likeness (QED) is 0.601. The highest BCUT2D eigenvalue weighted by Crippen LogP contribution is 2.46. The van der Waals surface area contributed by atoms with Crippen molar-refractivity contribution in [2.75, 3.05) is 6.61 Å². The number of nitrogens with one attached hydrogen (secondary N) is 1. The number of dihydropyridines is 1. The first-order chi connectivity index (χ1) is 15.8. The van der Waals surface area contributed by atoms with Crippen LogP contribution in [-0.2, 0) is 20.9 Å². The SMILES string of the molecule is CCOC(=O)C1=C(C)NC2=C(C(=O)CC(C)(C)C2)[C@@H]1c1ccc(OCc2ccccc2)cc1. The van der Waals surface area contributed by atoms with Crippen LogP contribution in [0.5, 0.6) is 5.75 Å². The molecule has 0 amide bonds. The number of ether oxygens (including phenoxy) is 2. The topological polar surface area (TPSA) is 64.6 Å². The molecule has 0 radical (unpaired) electrons. The van der Waals surface area contributed by atoms with Crippen LogP contribution in [0.15, 0.2) is 77.1 Å². The van der Waals surface area contributed by atoms with E-state index < -0.39 is 5.92 Å². The Morgan fingerprint density at radius 2 is 1.76 bits per heavy atom. The van der Waals surface area contributed by atoms with Crippen molar-refractivity contribution in [2.45, 2.75) is 53.1 Å². The minimum Gasteiger partial charge on any atom is -0.489 e. The molecule has 1 N–H and O–H groups in total. The Hall–Kier alpha value is -3.34. The summed E-state index contributed by atoms with van der Waals surface area (Å²) in [5.74, 6) is -0.0224. The van der Waals surface area contributed by atoms with Crippen LogP contribution in [0.2, 0.25) is 0 Å². The van der Waals surface area contributed by atoms with Crippen LogP contribution in [0.4, 0.5) is 0 Å². The standard InChI is InChI=1S/C28H31NO4/c1-5-32-27(31)24-18(2)29-22-15-28(3,4)16-23(30)26(22)25(24)20-11-13-21(14-12-20)33-17-19-9-7-6-8-10-19/h6-14,25,29H,5,15-17H2,1-4H3/t25-/m1/s1. The second-order valence-corrected chi connectivity index (χ2v) is 9.49. The molecule has 0 fully saturated rings. The molecule has 4 rings (SSSR count). The largest absolute Gasteiger partial charge is 0.489 e. The van der Waals surface area contributed by atoms with Crippen LogP contribution in [-0.4, -0.2) is 18.4 Å². The summed E-state index contributed by atoms with van der Waals surface area (Å²) in [5.41, 5.74) is 4.69. The van der Waals surface area contributed by atoms with Crippen LogP contribution in [0.1, 0.15) is 57.6 Å². The Balaban J connectivity index is 1.67. The van der Waals surface area contributed by atoms with Gasteiger partial charge in [0.05, 0.1) is 12.2 Å². The van der Waals surface area contributed by atoms with Gasteiger partial charge in [-0.15, -0.1) is 0 Å². The molecular formula is C28H31NO4. The van der Waals surface area contributed by atoms with E-state index in [2.05, 4.69) is 19.2 Å². The Bertz CT molecular complexity index is 1110. The third-order valence-electron chi connectivity index (χ3n) is 6.20. The van der Waals surface area contributed by atoms with Gasteiger partial charge >= 0.3 is 5.97 Å². The fourth-order valence-corrected chi connectivity index (χ4v) is 4.75. The summed E-state index contributed by atoms with van der Waals surface area (Å²) < 4.78 is 11.3. The zero-order valence-electron chi connectivity index (χ0n) is 19.7. The number of allylic oxidation sites excluding steroid dienone is 3. The third kappa shape index (κ3) is 4.87. The van der Waals surface area contributed by atoms with Crippen molar-refractivity contribution in [3.05, 3.63) is 88.3 Å². The lowest BCUT2D eigenvalue weighted by molar-refractivity contribution is -0.138. The second kappa shape index (κ2) is 9.26. The molecule has 2 aromatic carbocycles. The fourth-order valence-electron chi connectivity index (χ4n) is 4.75. The predicted molar refractivity (Wildman–Crippen MR) is 127 cm³/mol. The molecule has 0 aromatic heterocycles. The van der Waals surface area contributed by atoms with E-state index in [9.17, 15) is 9.59 Å². The first-order valence-electron chi connectivity index (χ1n) is 11.5. The van der Waals surface area contributed by atoms with Gasteiger partial charge in [-0.25, -0.2) is 4.79 Å². The zero-order chi connectivity index (χ0) is 23.6. The van der Waals surface area contributed by atoms with E-state index in [1.54, 1.807) is 6.92 Å². The number of carbonyl (C=O) groups is 2. The zero-order valence-corrected chi connectivity index (χ0v) is 19.7. The summed E-state index contributed by atoms with van der Waals surface area (Å²) >= 11 is 0. The Labute approximate surface area is 195 Å². The molecule has 5 heteroatoms. The van der Waals surface area contributed by atoms with Crippen molar-refractivity contribution in [3.8, 4) is 5.75 Å². The second-order valence-electron chi connectivity index (χ2n) is 9.49. The molecule has 1 heterocycles. The summed E-state index contributed by atoms with van der Waals surface area (Å²) in [6, 6.07) is 17.7. The van der Waals surface area contributed by atoms with Crippen molar-refractivity contribution in [2.24, 2.45) is 5.41 Å². The molecule has 1 aliphatic heterocycles. The van der Waals surface area contributed by atoms with E-state index in [0.717, 1.165) is 34.7 Å². The number of benzene rings is 2. The van der Waals surface area contributed by atoms with E-state index in [-0.39, 0.29) is 23.8 Å². The molecule has 33 heavy (non-hydrogen) atoms. The fraction of sp³-hybridized carbons (Fsp3) is 0.357. The predicted octanol–water partition coefficient (Wildman–Crippen LogP) is 5.43. The van der Waals surface area contributed by atoms with Crippen LogP contribution in [0, 0.1) is 5.41 Å². The highest BCUT2D eigenvalue weighted by molar-refractivity contribution is 6.04. The summed E-state index contributed by atoms with van der Waals surface area (Å²) in [6.07, 6.45) is 1.22. The first kappa shape index (κ1) is 22.8. The van der Waals surface area contributed by atoms with E-state index in [1.165, 1.54) is 0 Å². The van der Waals surface area contributed by atoms with Gasteiger partial charge in [-0.3, -0.25) is 4.79 Å². The summed E-state index contributed by atoms with van der Waals surface area (Å²) in [5, 5.41) is 3.36. The smallest absolute Gasteiger partial charge is 0.336 e. The van der Waals surface area contributed by atoms with Gasteiger partial charge in [0.15, 0.2) is 5.78 Å². The third-order valence-corrected chi connectivity index (χ3v) is 6.20. The molecule has 0 saturated heterocycles.